The first-order chi connectivity index (χ1) is 13.8. The van der Waals surface area contributed by atoms with Crippen LogP contribution in [0.2, 0.25) is 18.1 Å². The summed E-state index contributed by atoms with van der Waals surface area (Å²) in [6.45, 7) is 17.8. The van der Waals surface area contributed by atoms with E-state index < -0.39 is 20.3 Å². The highest BCUT2D eigenvalue weighted by molar-refractivity contribution is 6.74. The zero-order valence-corrected chi connectivity index (χ0v) is 21.3. The molecule has 0 aliphatic rings. The maximum absolute atomic E-state index is 12.8. The van der Waals surface area contributed by atoms with E-state index in [1.54, 1.807) is 14.0 Å². The summed E-state index contributed by atoms with van der Waals surface area (Å²) < 4.78 is 17.1. The number of ketones is 1. The molecule has 1 aromatic rings. The largest absolute Gasteiger partial charge is 0.497 e. The lowest BCUT2D eigenvalue weighted by atomic mass is 9.86. The Labute approximate surface area is 184 Å². The first-order valence-corrected chi connectivity index (χ1v) is 13.8. The Kier molecular flexibility index (Phi) is 10.2. The van der Waals surface area contributed by atoms with E-state index in [2.05, 4.69) is 33.9 Å². The quantitative estimate of drug-likeness (QED) is 0.462. The van der Waals surface area contributed by atoms with E-state index in [1.807, 2.05) is 38.1 Å². The number of ether oxygens (including phenoxy) is 2. The van der Waals surface area contributed by atoms with Crippen LogP contribution in [0, 0.1) is 17.8 Å². The Morgan fingerprint density at radius 2 is 1.63 bits per heavy atom. The molecule has 0 spiro atoms. The number of benzene rings is 1. The third kappa shape index (κ3) is 7.80. The maximum atomic E-state index is 12.8. The van der Waals surface area contributed by atoms with Gasteiger partial charge in [0.2, 0.25) is 0 Å². The Bertz CT molecular complexity index is 651. The summed E-state index contributed by atoms with van der Waals surface area (Å²) in [5, 5.41) is 10.8. The van der Waals surface area contributed by atoms with Gasteiger partial charge < -0.3 is 19.0 Å². The van der Waals surface area contributed by atoms with Crippen LogP contribution in [-0.4, -0.2) is 45.6 Å². The lowest BCUT2D eigenvalue weighted by Crippen LogP contribution is -2.44. The molecule has 0 bridgehead atoms. The predicted octanol–water partition coefficient (Wildman–Crippen LogP) is 5.07. The van der Waals surface area contributed by atoms with Crippen LogP contribution in [0.5, 0.6) is 5.75 Å². The van der Waals surface area contributed by atoms with Crippen LogP contribution in [-0.2, 0) is 20.6 Å². The zero-order chi connectivity index (χ0) is 23.1. The van der Waals surface area contributed by atoms with Crippen LogP contribution in [0.3, 0.4) is 0 Å². The highest BCUT2D eigenvalue weighted by atomic mass is 28.4. The van der Waals surface area contributed by atoms with Gasteiger partial charge in [0.25, 0.3) is 0 Å². The normalized spacial score (nSPS) is 16.6. The number of hydrogen-bond donors (Lipinski definition) is 1. The molecule has 0 aliphatic heterocycles. The number of carbonyl (C=O) groups excluding carboxylic acids is 1. The Morgan fingerprint density at radius 3 is 2.13 bits per heavy atom. The summed E-state index contributed by atoms with van der Waals surface area (Å²) in [6, 6.07) is 7.67. The molecule has 0 unspecified atom stereocenters. The summed E-state index contributed by atoms with van der Waals surface area (Å²) in [5.74, 6) is -0.0114. The Hall–Kier alpha value is -1.21. The zero-order valence-electron chi connectivity index (χ0n) is 20.3. The number of rotatable bonds is 12. The number of carbonyl (C=O) groups is 1. The van der Waals surface area contributed by atoms with Crippen molar-refractivity contribution in [1.29, 1.82) is 0 Å². The number of aliphatic hydroxyl groups is 1. The van der Waals surface area contributed by atoms with Crippen molar-refractivity contribution in [3.05, 3.63) is 29.8 Å². The highest BCUT2D eigenvalue weighted by Crippen LogP contribution is 2.37. The van der Waals surface area contributed by atoms with Gasteiger partial charge in [-0.25, -0.2) is 0 Å². The molecule has 6 heteroatoms. The molecule has 0 saturated carbocycles. The Morgan fingerprint density at radius 1 is 1.07 bits per heavy atom. The summed E-state index contributed by atoms with van der Waals surface area (Å²) in [7, 11) is -0.244. The summed E-state index contributed by atoms with van der Waals surface area (Å²) in [6.07, 6.45) is -0.730. The molecule has 1 aromatic carbocycles. The molecule has 5 nitrogen and oxygen atoms in total. The lowest BCUT2D eigenvalue weighted by Gasteiger charge is -2.38. The molecular weight excluding hydrogens is 396 g/mol. The van der Waals surface area contributed by atoms with Gasteiger partial charge in [0.1, 0.15) is 11.5 Å². The van der Waals surface area contributed by atoms with Gasteiger partial charge in [-0.1, -0.05) is 53.7 Å². The van der Waals surface area contributed by atoms with E-state index in [0.29, 0.717) is 19.8 Å². The van der Waals surface area contributed by atoms with Gasteiger partial charge >= 0.3 is 0 Å². The minimum Gasteiger partial charge on any atom is -0.497 e. The average Bonchev–Trinajstić information content (AvgIpc) is 2.69. The summed E-state index contributed by atoms with van der Waals surface area (Å²) in [5.41, 5.74) is 1.03. The van der Waals surface area contributed by atoms with E-state index in [1.165, 1.54) is 0 Å². The molecule has 0 radical (unpaired) electrons. The van der Waals surface area contributed by atoms with Gasteiger partial charge in [-0.3, -0.25) is 4.79 Å². The van der Waals surface area contributed by atoms with Gasteiger partial charge in [-0.05, 0) is 35.8 Å². The third-order valence-corrected chi connectivity index (χ3v) is 10.8. The molecule has 0 fully saturated rings. The fourth-order valence-corrected chi connectivity index (χ4v) is 4.03. The van der Waals surface area contributed by atoms with Crippen molar-refractivity contribution < 1.29 is 23.8 Å². The minimum absolute atomic E-state index is 0.0245. The van der Waals surface area contributed by atoms with Crippen LogP contribution >= 0.6 is 0 Å². The van der Waals surface area contributed by atoms with Crippen LogP contribution in [0.15, 0.2) is 24.3 Å². The van der Waals surface area contributed by atoms with Crippen LogP contribution < -0.4 is 4.74 Å². The number of methoxy groups -OCH3 is 1. The third-order valence-electron chi connectivity index (χ3n) is 6.34. The lowest BCUT2D eigenvalue weighted by molar-refractivity contribution is -0.132. The van der Waals surface area contributed by atoms with Crippen molar-refractivity contribution in [2.75, 3.05) is 20.3 Å². The SMILES string of the molecule is COc1ccc(COC[C@H](C)C(=O)[C@@H](C)[C@@H](O)[C@@H](C)CO[Si](C)(C)C(C)(C)C)cc1. The van der Waals surface area contributed by atoms with Gasteiger partial charge in [0.15, 0.2) is 8.32 Å². The van der Waals surface area contributed by atoms with E-state index in [4.69, 9.17) is 13.9 Å². The predicted molar refractivity (Wildman–Crippen MR) is 124 cm³/mol. The Balaban J connectivity index is 2.49. The molecule has 0 aliphatic carbocycles. The second-order valence-electron chi connectivity index (χ2n) is 9.99. The highest BCUT2D eigenvalue weighted by Gasteiger charge is 2.38. The van der Waals surface area contributed by atoms with E-state index in [9.17, 15) is 9.90 Å². The minimum atomic E-state index is -1.88. The fraction of sp³-hybridized carbons (Fsp3) is 0.708. The molecule has 172 valence electrons. The van der Waals surface area contributed by atoms with Gasteiger partial charge in [0, 0.05) is 24.4 Å². The van der Waals surface area contributed by atoms with Crippen LogP contribution in [0.25, 0.3) is 0 Å². The standard InChI is InChI=1S/C24H42O5Si/c1-17(14-28-16-20-10-12-21(27-7)13-11-20)22(25)19(3)23(26)18(2)15-29-30(8,9)24(4,5)6/h10-13,17-19,23,26H,14-16H2,1-9H3/t17-,18-,19+,23-/m0/s1. The second-order valence-corrected chi connectivity index (χ2v) is 14.8. The van der Waals surface area contributed by atoms with Crippen LogP contribution in [0.4, 0.5) is 0 Å². The molecule has 0 heterocycles. The van der Waals surface area contributed by atoms with Crippen molar-refractivity contribution in [3.8, 4) is 5.75 Å². The molecule has 0 aromatic heterocycles. The monoisotopic (exact) mass is 438 g/mol. The van der Waals surface area contributed by atoms with Gasteiger partial charge in [-0.15, -0.1) is 0 Å². The number of hydrogen-bond acceptors (Lipinski definition) is 5. The molecular formula is C24H42O5Si. The van der Waals surface area contributed by atoms with Crippen molar-refractivity contribution in [2.24, 2.45) is 17.8 Å². The summed E-state index contributed by atoms with van der Waals surface area (Å²) >= 11 is 0. The molecule has 0 saturated heterocycles. The summed E-state index contributed by atoms with van der Waals surface area (Å²) in [4.78, 5) is 12.8. The van der Waals surface area contributed by atoms with Crippen molar-refractivity contribution >= 4 is 14.1 Å². The fourth-order valence-electron chi connectivity index (χ4n) is 2.92. The van der Waals surface area contributed by atoms with Crippen molar-refractivity contribution in [2.45, 2.75) is 72.4 Å². The number of aliphatic hydroxyl groups excluding tert-OH is 1. The maximum Gasteiger partial charge on any atom is 0.191 e. The second kappa shape index (κ2) is 11.4. The van der Waals surface area contributed by atoms with Gasteiger partial charge in [0.05, 0.1) is 26.4 Å². The topological polar surface area (TPSA) is 65.0 Å². The van der Waals surface area contributed by atoms with E-state index >= 15 is 0 Å². The molecule has 4 atom stereocenters. The first kappa shape index (κ1) is 26.8. The smallest absolute Gasteiger partial charge is 0.191 e. The first-order valence-electron chi connectivity index (χ1n) is 10.9. The average molecular weight is 439 g/mol. The van der Waals surface area contributed by atoms with Gasteiger partial charge in [-0.2, -0.15) is 0 Å². The molecule has 30 heavy (non-hydrogen) atoms. The molecule has 1 N–H and O–H groups in total. The molecule has 0 amide bonds. The van der Waals surface area contributed by atoms with E-state index in [0.717, 1.165) is 11.3 Å². The van der Waals surface area contributed by atoms with E-state index in [-0.39, 0.29) is 22.7 Å². The van der Waals surface area contributed by atoms with Crippen LogP contribution in [0.1, 0.15) is 47.1 Å². The van der Waals surface area contributed by atoms with Crippen molar-refractivity contribution in [1.82, 2.24) is 0 Å². The number of Topliss-reactive ketones (excluding diaryl/α,β-unsaturated/α-hetero) is 1. The molecule has 1 rings (SSSR count). The van der Waals surface area contributed by atoms with Crippen molar-refractivity contribution in [3.63, 3.8) is 0 Å².